The summed E-state index contributed by atoms with van der Waals surface area (Å²) in [5.74, 6) is -0.254. The van der Waals surface area contributed by atoms with Crippen LogP contribution in [0.3, 0.4) is 0 Å². The van der Waals surface area contributed by atoms with Crippen molar-refractivity contribution < 1.29 is 14.4 Å². The second kappa shape index (κ2) is 7.15. The van der Waals surface area contributed by atoms with E-state index in [9.17, 15) is 14.4 Å². The van der Waals surface area contributed by atoms with Crippen molar-refractivity contribution in [3.63, 3.8) is 0 Å². The number of nitrogens with zero attached hydrogens (tertiary/aromatic N) is 3. The number of piperazine rings is 1. The summed E-state index contributed by atoms with van der Waals surface area (Å²) in [6, 6.07) is 5.78. The zero-order valence-electron chi connectivity index (χ0n) is 14.5. The zero-order chi connectivity index (χ0) is 18.1. The molecule has 1 aromatic carbocycles. The van der Waals surface area contributed by atoms with Crippen LogP contribution in [0.15, 0.2) is 22.7 Å². The Hall–Kier alpha value is -1.89. The predicted molar refractivity (Wildman–Crippen MR) is 98.2 cm³/mol. The number of rotatable bonds is 2. The van der Waals surface area contributed by atoms with Crippen molar-refractivity contribution in [1.82, 2.24) is 9.80 Å². The number of amides is 3. The fourth-order valence-corrected chi connectivity index (χ4v) is 3.67. The Bertz CT molecular complexity index is 714. The smallest absolute Gasteiger partial charge is 0.228 e. The summed E-state index contributed by atoms with van der Waals surface area (Å²) in [6.07, 6.45) is 0.251. The van der Waals surface area contributed by atoms with E-state index in [0.29, 0.717) is 32.7 Å². The molecule has 7 heteroatoms. The molecule has 0 spiro atoms. The molecule has 2 aliphatic heterocycles. The first-order chi connectivity index (χ1) is 11.9. The van der Waals surface area contributed by atoms with Crippen molar-refractivity contribution in [2.45, 2.75) is 20.3 Å². The number of anilines is 1. The third-order valence-corrected chi connectivity index (χ3v) is 5.85. The van der Waals surface area contributed by atoms with Gasteiger partial charge in [-0.15, -0.1) is 0 Å². The van der Waals surface area contributed by atoms with Gasteiger partial charge in [0, 0.05) is 56.2 Å². The highest BCUT2D eigenvalue weighted by molar-refractivity contribution is 9.10. The van der Waals surface area contributed by atoms with Gasteiger partial charge in [0.1, 0.15) is 0 Å². The quantitative estimate of drug-likeness (QED) is 0.750. The number of carbonyl (C=O) groups excluding carboxylic acids is 3. The Morgan fingerprint density at radius 3 is 2.36 bits per heavy atom. The largest absolute Gasteiger partial charge is 0.339 e. The summed E-state index contributed by atoms with van der Waals surface area (Å²) in [7, 11) is 0. The summed E-state index contributed by atoms with van der Waals surface area (Å²) in [6.45, 7) is 6.16. The van der Waals surface area contributed by atoms with Crippen LogP contribution in [0.2, 0.25) is 0 Å². The van der Waals surface area contributed by atoms with E-state index in [1.807, 2.05) is 25.1 Å². The third kappa shape index (κ3) is 3.71. The summed E-state index contributed by atoms with van der Waals surface area (Å²) >= 11 is 3.46. The number of aryl methyl sites for hydroxylation is 1. The van der Waals surface area contributed by atoms with Crippen LogP contribution in [0.4, 0.5) is 5.69 Å². The average molecular weight is 408 g/mol. The summed E-state index contributed by atoms with van der Waals surface area (Å²) in [5.41, 5.74) is 1.89. The van der Waals surface area contributed by atoms with Gasteiger partial charge in [-0.3, -0.25) is 14.4 Å². The molecule has 0 radical (unpaired) electrons. The first-order valence-electron chi connectivity index (χ1n) is 8.47. The Morgan fingerprint density at radius 1 is 1.12 bits per heavy atom. The van der Waals surface area contributed by atoms with Gasteiger partial charge in [-0.1, -0.05) is 15.9 Å². The SMILES string of the molecule is CC(=O)N1CCN(C(=O)C2CC(=O)N(c3ccc(Br)c(C)c3)C2)CC1. The van der Waals surface area contributed by atoms with Crippen LogP contribution in [0, 0.1) is 12.8 Å². The van der Waals surface area contributed by atoms with Gasteiger partial charge in [-0.25, -0.2) is 0 Å². The summed E-state index contributed by atoms with van der Waals surface area (Å²) in [4.78, 5) is 41.8. The maximum absolute atomic E-state index is 12.8. The number of hydrogen-bond acceptors (Lipinski definition) is 3. The molecule has 1 atom stereocenters. The molecule has 25 heavy (non-hydrogen) atoms. The van der Waals surface area contributed by atoms with E-state index >= 15 is 0 Å². The molecule has 0 N–H and O–H groups in total. The van der Waals surface area contributed by atoms with E-state index in [0.717, 1.165) is 15.7 Å². The van der Waals surface area contributed by atoms with Crippen LogP contribution in [0.1, 0.15) is 18.9 Å². The molecule has 3 amide bonds. The van der Waals surface area contributed by atoms with E-state index in [2.05, 4.69) is 15.9 Å². The van der Waals surface area contributed by atoms with Crippen molar-refractivity contribution in [2.24, 2.45) is 5.92 Å². The molecule has 134 valence electrons. The molecule has 0 aliphatic carbocycles. The van der Waals surface area contributed by atoms with Crippen molar-refractivity contribution in [2.75, 3.05) is 37.6 Å². The monoisotopic (exact) mass is 407 g/mol. The Balaban J connectivity index is 1.65. The first kappa shape index (κ1) is 17.9. The van der Waals surface area contributed by atoms with Gasteiger partial charge in [-0.2, -0.15) is 0 Å². The normalized spacial score (nSPS) is 21.0. The minimum atomic E-state index is -0.305. The molecule has 6 nitrogen and oxygen atoms in total. The maximum Gasteiger partial charge on any atom is 0.228 e. The summed E-state index contributed by atoms with van der Waals surface area (Å²) in [5, 5.41) is 0. The second-order valence-electron chi connectivity index (χ2n) is 6.67. The van der Waals surface area contributed by atoms with Gasteiger partial charge in [-0.05, 0) is 30.7 Å². The van der Waals surface area contributed by atoms with Crippen LogP contribution in [-0.4, -0.2) is 60.2 Å². The van der Waals surface area contributed by atoms with E-state index in [1.54, 1.807) is 21.6 Å². The van der Waals surface area contributed by atoms with Crippen molar-refractivity contribution in [1.29, 1.82) is 0 Å². The van der Waals surface area contributed by atoms with E-state index < -0.39 is 0 Å². The van der Waals surface area contributed by atoms with Crippen LogP contribution in [0.5, 0.6) is 0 Å². The molecule has 2 fully saturated rings. The predicted octanol–water partition coefficient (Wildman–Crippen LogP) is 1.80. The lowest BCUT2D eigenvalue weighted by atomic mass is 10.1. The van der Waals surface area contributed by atoms with Gasteiger partial charge < -0.3 is 14.7 Å². The fourth-order valence-electron chi connectivity index (χ4n) is 3.42. The number of halogens is 1. The Kier molecular flexibility index (Phi) is 5.13. The van der Waals surface area contributed by atoms with Crippen LogP contribution in [0.25, 0.3) is 0 Å². The lowest BCUT2D eigenvalue weighted by Gasteiger charge is -2.35. The van der Waals surface area contributed by atoms with Gasteiger partial charge in [0.25, 0.3) is 0 Å². The lowest BCUT2D eigenvalue weighted by molar-refractivity contribution is -0.141. The summed E-state index contributed by atoms with van der Waals surface area (Å²) < 4.78 is 0.999. The number of hydrogen-bond donors (Lipinski definition) is 0. The highest BCUT2D eigenvalue weighted by Crippen LogP contribution is 2.29. The standard InChI is InChI=1S/C18H22BrN3O3/c1-12-9-15(3-4-16(12)19)22-11-14(10-17(22)24)18(25)21-7-5-20(6-8-21)13(2)23/h3-4,9,14H,5-8,10-11H2,1-2H3. The molecule has 0 aromatic heterocycles. The van der Waals surface area contributed by atoms with Crippen LogP contribution in [-0.2, 0) is 14.4 Å². The fraction of sp³-hybridized carbons (Fsp3) is 0.500. The molecule has 2 heterocycles. The third-order valence-electron chi connectivity index (χ3n) is 4.96. The highest BCUT2D eigenvalue weighted by atomic mass is 79.9. The topological polar surface area (TPSA) is 60.9 Å². The lowest BCUT2D eigenvalue weighted by Crippen LogP contribution is -2.51. The molecule has 2 saturated heterocycles. The van der Waals surface area contributed by atoms with Gasteiger partial charge in [0.2, 0.25) is 17.7 Å². The van der Waals surface area contributed by atoms with Gasteiger partial charge >= 0.3 is 0 Å². The van der Waals surface area contributed by atoms with Crippen molar-refractivity contribution >= 4 is 39.3 Å². The molecule has 1 aromatic rings. The molecule has 0 bridgehead atoms. The molecule has 1 unspecified atom stereocenters. The van der Waals surface area contributed by atoms with E-state index in [-0.39, 0.29) is 30.1 Å². The molecular weight excluding hydrogens is 386 g/mol. The van der Waals surface area contributed by atoms with Crippen molar-refractivity contribution in [3.8, 4) is 0 Å². The van der Waals surface area contributed by atoms with E-state index in [4.69, 9.17) is 0 Å². The minimum Gasteiger partial charge on any atom is -0.339 e. The maximum atomic E-state index is 12.8. The highest BCUT2D eigenvalue weighted by Gasteiger charge is 2.38. The van der Waals surface area contributed by atoms with E-state index in [1.165, 1.54) is 0 Å². The molecule has 3 rings (SSSR count). The number of benzene rings is 1. The second-order valence-corrected chi connectivity index (χ2v) is 7.52. The first-order valence-corrected chi connectivity index (χ1v) is 9.27. The van der Waals surface area contributed by atoms with Crippen molar-refractivity contribution in [3.05, 3.63) is 28.2 Å². The molecular formula is C18H22BrN3O3. The Labute approximate surface area is 155 Å². The van der Waals surface area contributed by atoms with Gasteiger partial charge in [0.05, 0.1) is 5.92 Å². The van der Waals surface area contributed by atoms with Crippen LogP contribution >= 0.6 is 15.9 Å². The molecule has 0 saturated carbocycles. The Morgan fingerprint density at radius 2 is 1.76 bits per heavy atom. The molecule has 2 aliphatic rings. The van der Waals surface area contributed by atoms with Gasteiger partial charge in [0.15, 0.2) is 0 Å². The average Bonchev–Trinajstić information content (AvgIpc) is 2.98. The zero-order valence-corrected chi connectivity index (χ0v) is 16.1. The minimum absolute atomic E-state index is 0.0116. The number of carbonyl (C=O) groups is 3. The van der Waals surface area contributed by atoms with Crippen LogP contribution < -0.4 is 4.90 Å².